The van der Waals surface area contributed by atoms with E-state index in [-0.39, 0.29) is 0 Å². The molecule has 0 atom stereocenters. The molecule has 0 aliphatic rings. The zero-order valence-electron chi connectivity index (χ0n) is 13.2. The van der Waals surface area contributed by atoms with Crippen molar-refractivity contribution >= 4 is 90.3 Å². The van der Waals surface area contributed by atoms with E-state index in [4.69, 9.17) is 0 Å². The first-order chi connectivity index (χ1) is 11.7. The predicted molar refractivity (Wildman–Crippen MR) is 116 cm³/mol. The van der Waals surface area contributed by atoms with Crippen LogP contribution in [0.15, 0.2) is 40.2 Å². The Balaban J connectivity index is 1.75. The number of aryl methyl sites for hydroxylation is 1. The first-order valence-corrected chi connectivity index (χ1v) is 11.4. The molecule has 5 rings (SSSR count). The summed E-state index contributed by atoms with van der Waals surface area (Å²) >= 11 is 9.33. The molecule has 4 heteroatoms. The number of hydrogen-bond acceptors (Lipinski definition) is 3. The second kappa shape index (κ2) is 5.80. The number of unbranched alkanes of at least 4 members (excludes halogenated alkanes) is 1. The van der Waals surface area contributed by atoms with Gasteiger partial charge >= 0.3 is 0 Å². The molecule has 0 spiro atoms. The van der Waals surface area contributed by atoms with E-state index in [9.17, 15) is 0 Å². The number of hydrogen-bond donors (Lipinski definition) is 0. The van der Waals surface area contributed by atoms with E-state index in [1.807, 2.05) is 34.0 Å². The quantitative estimate of drug-likeness (QED) is 0.268. The minimum atomic E-state index is 1.21. The molecule has 0 nitrogen and oxygen atoms in total. The highest BCUT2D eigenvalue weighted by Gasteiger charge is 2.11. The summed E-state index contributed by atoms with van der Waals surface area (Å²) in [4.78, 5) is 1.53. The molecule has 2 aromatic carbocycles. The summed E-state index contributed by atoms with van der Waals surface area (Å²) in [6.45, 7) is 2.26. The average Bonchev–Trinajstić information content (AvgIpc) is 3.21. The van der Waals surface area contributed by atoms with Gasteiger partial charge in [0, 0.05) is 34.4 Å². The van der Waals surface area contributed by atoms with E-state index in [0.717, 1.165) is 0 Å². The van der Waals surface area contributed by atoms with Gasteiger partial charge in [-0.05, 0) is 75.9 Å². The van der Waals surface area contributed by atoms with Gasteiger partial charge in [-0.1, -0.05) is 13.3 Å². The summed E-state index contributed by atoms with van der Waals surface area (Å²) < 4.78 is 6.82. The monoisotopic (exact) mass is 430 g/mol. The van der Waals surface area contributed by atoms with Gasteiger partial charge in [0.15, 0.2) is 0 Å². The summed E-state index contributed by atoms with van der Waals surface area (Å²) in [6, 6.07) is 14.2. The number of halogens is 1. The van der Waals surface area contributed by atoms with E-state index in [2.05, 4.69) is 59.3 Å². The molecule has 5 aromatic rings. The second-order valence-corrected chi connectivity index (χ2v) is 11.0. The number of benzene rings is 2. The molecule has 3 heterocycles. The number of thiophene rings is 3. The van der Waals surface area contributed by atoms with Crippen molar-refractivity contribution in [1.29, 1.82) is 0 Å². The number of fused-ring (bicyclic) bond motifs is 5. The molecule has 0 bridgehead atoms. The minimum Gasteiger partial charge on any atom is -0.140 e. The van der Waals surface area contributed by atoms with Crippen LogP contribution in [0.3, 0.4) is 0 Å². The Bertz CT molecular complexity index is 1210. The van der Waals surface area contributed by atoms with Crippen LogP contribution in [0.5, 0.6) is 0 Å². The van der Waals surface area contributed by atoms with Crippen molar-refractivity contribution < 1.29 is 0 Å². The predicted octanol–water partition coefficient (Wildman–Crippen LogP) is 8.59. The molecule has 120 valence electrons. The molecule has 3 aromatic heterocycles. The fourth-order valence-electron chi connectivity index (χ4n) is 3.34. The van der Waals surface area contributed by atoms with E-state index in [1.54, 1.807) is 0 Å². The van der Waals surface area contributed by atoms with Crippen LogP contribution in [0.4, 0.5) is 0 Å². The van der Waals surface area contributed by atoms with Crippen LogP contribution >= 0.6 is 49.9 Å². The lowest BCUT2D eigenvalue weighted by molar-refractivity contribution is 0.804. The molecule has 0 N–H and O–H groups in total. The van der Waals surface area contributed by atoms with Gasteiger partial charge in [-0.25, -0.2) is 0 Å². The average molecular weight is 431 g/mol. The zero-order chi connectivity index (χ0) is 16.3. The van der Waals surface area contributed by atoms with Crippen molar-refractivity contribution in [2.75, 3.05) is 0 Å². The van der Waals surface area contributed by atoms with Crippen LogP contribution in [0.25, 0.3) is 40.3 Å². The zero-order valence-corrected chi connectivity index (χ0v) is 17.2. The highest BCUT2D eigenvalue weighted by molar-refractivity contribution is 9.11. The summed E-state index contributed by atoms with van der Waals surface area (Å²) in [7, 11) is 0. The van der Waals surface area contributed by atoms with Crippen molar-refractivity contribution in [1.82, 2.24) is 0 Å². The Morgan fingerprint density at radius 1 is 0.750 bits per heavy atom. The van der Waals surface area contributed by atoms with Crippen LogP contribution in [0.1, 0.15) is 24.6 Å². The van der Waals surface area contributed by atoms with Crippen LogP contribution in [-0.2, 0) is 6.42 Å². The molecule has 0 aliphatic carbocycles. The normalized spacial score (nSPS) is 12.2. The molecule has 0 fully saturated rings. The smallest absolute Gasteiger partial charge is 0.0711 e. The molecule has 24 heavy (non-hydrogen) atoms. The van der Waals surface area contributed by atoms with Gasteiger partial charge in [0.25, 0.3) is 0 Å². The van der Waals surface area contributed by atoms with E-state index >= 15 is 0 Å². The lowest BCUT2D eigenvalue weighted by Gasteiger charge is -1.94. The number of rotatable bonds is 3. The van der Waals surface area contributed by atoms with Crippen LogP contribution < -0.4 is 0 Å². The first kappa shape index (κ1) is 15.3. The summed E-state index contributed by atoms with van der Waals surface area (Å²) in [5.74, 6) is 0. The minimum absolute atomic E-state index is 1.21. The SMILES string of the molecule is CCCCc1cc2cc3c(cc2s1)sc1cc2sc(Br)cc2cc13. The fourth-order valence-corrected chi connectivity index (χ4v) is 7.34. The van der Waals surface area contributed by atoms with Gasteiger partial charge < -0.3 is 0 Å². The van der Waals surface area contributed by atoms with Gasteiger partial charge in [0.2, 0.25) is 0 Å². The lowest BCUT2D eigenvalue weighted by atomic mass is 10.1. The van der Waals surface area contributed by atoms with Gasteiger partial charge in [-0.3, -0.25) is 0 Å². The Morgan fingerprint density at radius 3 is 2.12 bits per heavy atom. The summed E-state index contributed by atoms with van der Waals surface area (Å²) in [5, 5.41) is 5.56. The first-order valence-electron chi connectivity index (χ1n) is 8.19. The second-order valence-electron chi connectivity index (χ2n) is 6.24. The standard InChI is InChI=1S/C20H15BrS3/c1-2-3-4-13-5-11-6-14-15-7-12-8-20(21)24-17(12)10-19(15)23-18(14)9-16(11)22-13/h5-10H,2-4H2,1H3. The van der Waals surface area contributed by atoms with E-state index < -0.39 is 0 Å². The van der Waals surface area contributed by atoms with Gasteiger partial charge in [-0.2, -0.15) is 0 Å². The maximum absolute atomic E-state index is 3.61. The molecule has 0 unspecified atom stereocenters. The van der Waals surface area contributed by atoms with Gasteiger partial charge in [0.05, 0.1) is 3.79 Å². The summed E-state index contributed by atoms with van der Waals surface area (Å²) in [6.07, 6.45) is 3.77. The Kier molecular flexibility index (Phi) is 3.71. The Morgan fingerprint density at radius 2 is 1.42 bits per heavy atom. The molecule has 0 radical (unpaired) electrons. The molecular weight excluding hydrogens is 416 g/mol. The lowest BCUT2D eigenvalue weighted by Crippen LogP contribution is -1.76. The largest absolute Gasteiger partial charge is 0.140 e. The molecule has 0 aliphatic heterocycles. The van der Waals surface area contributed by atoms with Gasteiger partial charge in [0.1, 0.15) is 0 Å². The van der Waals surface area contributed by atoms with E-state index in [1.165, 1.54) is 68.3 Å². The van der Waals surface area contributed by atoms with Crippen molar-refractivity contribution in [2.24, 2.45) is 0 Å². The fraction of sp³-hybridized carbons (Fsp3) is 0.200. The van der Waals surface area contributed by atoms with Crippen molar-refractivity contribution in [2.45, 2.75) is 26.2 Å². The van der Waals surface area contributed by atoms with Crippen LogP contribution in [0, 0.1) is 0 Å². The van der Waals surface area contributed by atoms with Gasteiger partial charge in [-0.15, -0.1) is 34.0 Å². The van der Waals surface area contributed by atoms with Crippen molar-refractivity contribution in [3.05, 3.63) is 45.1 Å². The topological polar surface area (TPSA) is 0 Å². The van der Waals surface area contributed by atoms with E-state index in [0.29, 0.717) is 0 Å². The van der Waals surface area contributed by atoms with Crippen molar-refractivity contribution in [3.63, 3.8) is 0 Å². The van der Waals surface area contributed by atoms with Crippen LogP contribution in [-0.4, -0.2) is 0 Å². The molecular formula is C20H15BrS3. The molecule has 0 saturated heterocycles. The Labute approximate surface area is 160 Å². The Hall–Kier alpha value is -0.940. The maximum Gasteiger partial charge on any atom is 0.0711 e. The third-order valence-electron chi connectivity index (χ3n) is 4.54. The third kappa shape index (κ3) is 2.43. The highest BCUT2D eigenvalue weighted by Crippen LogP contribution is 2.42. The van der Waals surface area contributed by atoms with Crippen LogP contribution in [0.2, 0.25) is 0 Å². The molecule has 0 saturated carbocycles. The highest BCUT2D eigenvalue weighted by atomic mass is 79.9. The summed E-state index contributed by atoms with van der Waals surface area (Å²) in [5.41, 5.74) is 0. The van der Waals surface area contributed by atoms with Crippen molar-refractivity contribution in [3.8, 4) is 0 Å². The third-order valence-corrected chi connectivity index (χ3v) is 8.42. The maximum atomic E-state index is 3.61. The molecule has 0 amide bonds.